The number of Topliss-reactive ketones (excluding diaryl/α,β-unsaturated/α-hetero) is 1. The minimum absolute atomic E-state index is 0.0785. The number of pyridine rings is 1. The normalized spacial score (nSPS) is 11.2. The molecule has 0 aliphatic carbocycles. The first kappa shape index (κ1) is 17.7. The third-order valence-corrected chi connectivity index (χ3v) is 3.70. The Balaban J connectivity index is 2.29. The lowest BCUT2D eigenvalue weighted by Gasteiger charge is -2.21. The van der Waals surface area contributed by atoms with E-state index in [9.17, 15) is 4.79 Å². The van der Waals surface area contributed by atoms with Gasteiger partial charge in [0, 0.05) is 28.9 Å². The van der Waals surface area contributed by atoms with E-state index in [1.54, 1.807) is 19.2 Å². The predicted molar refractivity (Wildman–Crippen MR) is 92.4 cm³/mol. The molecule has 0 saturated carbocycles. The van der Waals surface area contributed by atoms with Gasteiger partial charge in [-0.1, -0.05) is 12.0 Å². The van der Waals surface area contributed by atoms with Crippen molar-refractivity contribution in [3.05, 3.63) is 51.4 Å². The fraction of sp³-hybridized carbons (Fsp3) is 0.471. The largest absolute Gasteiger partial charge is 0.292 e. The Bertz CT molecular complexity index is 809. The molecule has 0 aliphatic heterocycles. The Hall–Kier alpha value is -2.66. The van der Waals surface area contributed by atoms with Crippen molar-refractivity contribution >= 4 is 11.5 Å². The lowest BCUT2D eigenvalue weighted by atomic mass is 10.1. The molecule has 0 spiro atoms. The van der Waals surface area contributed by atoms with Crippen molar-refractivity contribution < 1.29 is 4.79 Å². The second-order valence-electron chi connectivity index (χ2n) is 6.69. The first-order valence-electron chi connectivity index (χ1n) is 7.89. The summed E-state index contributed by atoms with van der Waals surface area (Å²) in [7, 11) is 0. The van der Waals surface area contributed by atoms with Crippen LogP contribution in [0.5, 0.6) is 0 Å². The van der Waals surface area contributed by atoms with Gasteiger partial charge in [0.25, 0.3) is 0 Å². The van der Waals surface area contributed by atoms with Crippen molar-refractivity contribution in [2.45, 2.75) is 53.0 Å². The van der Waals surface area contributed by atoms with Gasteiger partial charge in [0.05, 0.1) is 11.2 Å². The number of aryl methyl sites for hydroxylation is 2. The molecule has 0 amide bonds. The van der Waals surface area contributed by atoms with Crippen molar-refractivity contribution in [2.75, 3.05) is 0 Å². The van der Waals surface area contributed by atoms with Crippen LogP contribution in [0, 0.1) is 6.92 Å². The highest BCUT2D eigenvalue weighted by Crippen LogP contribution is 2.21. The molecule has 2 aromatic heterocycles. The molecule has 0 atom stereocenters. The smallest absolute Gasteiger partial charge is 0.187 e. The molecule has 126 valence electrons. The van der Waals surface area contributed by atoms with E-state index in [2.05, 4.69) is 40.9 Å². The van der Waals surface area contributed by atoms with Gasteiger partial charge in [0.1, 0.15) is 5.69 Å². The summed E-state index contributed by atoms with van der Waals surface area (Å²) in [6.07, 6.45) is 2.61. The van der Waals surface area contributed by atoms with E-state index in [0.717, 1.165) is 12.1 Å². The van der Waals surface area contributed by atoms with E-state index in [1.807, 2.05) is 17.7 Å². The molecule has 2 heterocycles. The van der Waals surface area contributed by atoms with E-state index in [0.29, 0.717) is 22.6 Å². The van der Waals surface area contributed by atoms with Crippen molar-refractivity contribution in [1.82, 2.24) is 14.8 Å². The van der Waals surface area contributed by atoms with E-state index in [1.165, 1.54) is 0 Å². The number of azide groups is 1. The summed E-state index contributed by atoms with van der Waals surface area (Å²) in [6.45, 7) is 9.98. The minimum atomic E-state index is -0.177. The molecule has 7 heteroatoms. The highest BCUT2D eigenvalue weighted by atomic mass is 16.1. The number of nitrogens with zero attached hydrogens (tertiary/aromatic N) is 6. The number of aromatic nitrogens is 3. The second kappa shape index (κ2) is 6.84. The molecule has 0 bridgehead atoms. The van der Waals surface area contributed by atoms with Crippen LogP contribution in [0.2, 0.25) is 0 Å². The number of hydrogen-bond donors (Lipinski definition) is 0. The van der Waals surface area contributed by atoms with Crippen molar-refractivity contribution in [3.63, 3.8) is 0 Å². The molecule has 0 aromatic carbocycles. The average Bonchev–Trinajstić information content (AvgIpc) is 2.95. The van der Waals surface area contributed by atoms with Crippen LogP contribution >= 0.6 is 0 Å². The fourth-order valence-corrected chi connectivity index (χ4v) is 2.47. The first-order valence-corrected chi connectivity index (χ1v) is 7.89. The van der Waals surface area contributed by atoms with Gasteiger partial charge in [-0.3, -0.25) is 14.5 Å². The van der Waals surface area contributed by atoms with E-state index in [-0.39, 0.29) is 17.7 Å². The van der Waals surface area contributed by atoms with Gasteiger partial charge in [-0.25, -0.2) is 0 Å². The summed E-state index contributed by atoms with van der Waals surface area (Å²) >= 11 is 0. The van der Waals surface area contributed by atoms with Crippen molar-refractivity contribution in [1.29, 1.82) is 0 Å². The molecular formula is C17H22N6O. The molecule has 0 saturated heterocycles. The van der Waals surface area contributed by atoms with Crippen molar-refractivity contribution in [3.8, 4) is 0 Å². The summed E-state index contributed by atoms with van der Waals surface area (Å²) in [5.74, 6) is -0.0785. The third kappa shape index (κ3) is 3.81. The molecule has 2 rings (SSSR count). The topological polar surface area (TPSA) is 96.5 Å². The van der Waals surface area contributed by atoms with E-state index < -0.39 is 0 Å². The maximum absolute atomic E-state index is 12.6. The van der Waals surface area contributed by atoms with Crippen LogP contribution in [0.1, 0.15) is 55.1 Å². The van der Waals surface area contributed by atoms with Gasteiger partial charge in [-0.05, 0) is 57.3 Å². The molecule has 0 unspecified atom stereocenters. The summed E-state index contributed by atoms with van der Waals surface area (Å²) < 4.78 is 1.90. The molecule has 2 aromatic rings. The number of carbonyl (C=O) groups is 1. The van der Waals surface area contributed by atoms with Gasteiger partial charge < -0.3 is 0 Å². The number of rotatable bonds is 5. The first-order chi connectivity index (χ1) is 11.3. The summed E-state index contributed by atoms with van der Waals surface area (Å²) in [4.78, 5) is 19.5. The van der Waals surface area contributed by atoms with E-state index in [4.69, 9.17) is 5.53 Å². The summed E-state index contributed by atoms with van der Waals surface area (Å²) in [5.41, 5.74) is 11.7. The Kier molecular flexibility index (Phi) is 5.04. The molecule has 24 heavy (non-hydrogen) atoms. The summed E-state index contributed by atoms with van der Waals surface area (Å²) in [5, 5.41) is 8.09. The SMILES string of the molecule is CCc1cc(C(=O)Cc2cnc(C)c(N=[N+]=[N-])c2)nn1C(C)(C)C. The van der Waals surface area contributed by atoms with Gasteiger partial charge in [-0.15, -0.1) is 0 Å². The van der Waals surface area contributed by atoms with Crippen LogP contribution in [0.15, 0.2) is 23.4 Å². The Labute approximate surface area is 141 Å². The highest BCUT2D eigenvalue weighted by molar-refractivity contribution is 5.95. The van der Waals surface area contributed by atoms with Crippen LogP contribution in [-0.2, 0) is 18.4 Å². The molecule has 0 fully saturated rings. The summed E-state index contributed by atoms with van der Waals surface area (Å²) in [6, 6.07) is 3.55. The predicted octanol–water partition coefficient (Wildman–Crippen LogP) is 4.27. The maximum atomic E-state index is 12.6. The van der Waals surface area contributed by atoms with Crippen LogP contribution in [0.3, 0.4) is 0 Å². The van der Waals surface area contributed by atoms with Crippen LogP contribution in [-0.4, -0.2) is 20.5 Å². The Morgan fingerprint density at radius 3 is 2.62 bits per heavy atom. The zero-order valence-corrected chi connectivity index (χ0v) is 14.7. The molecule has 0 radical (unpaired) electrons. The maximum Gasteiger partial charge on any atom is 0.187 e. The lowest BCUT2D eigenvalue weighted by Crippen LogP contribution is -2.25. The zero-order chi connectivity index (χ0) is 17.9. The van der Waals surface area contributed by atoms with Gasteiger partial charge >= 0.3 is 0 Å². The van der Waals surface area contributed by atoms with Crippen LogP contribution in [0.25, 0.3) is 10.4 Å². The van der Waals surface area contributed by atoms with E-state index >= 15 is 0 Å². The Morgan fingerprint density at radius 1 is 1.38 bits per heavy atom. The quantitative estimate of drug-likeness (QED) is 0.355. The number of carbonyl (C=O) groups excluding carboxylic acids is 1. The van der Waals surface area contributed by atoms with Crippen LogP contribution in [0.4, 0.5) is 5.69 Å². The number of hydrogen-bond acceptors (Lipinski definition) is 4. The van der Waals surface area contributed by atoms with Gasteiger partial charge in [0.15, 0.2) is 5.78 Å². The molecular weight excluding hydrogens is 304 g/mol. The number of ketones is 1. The average molecular weight is 326 g/mol. The third-order valence-electron chi connectivity index (χ3n) is 3.70. The second-order valence-corrected chi connectivity index (χ2v) is 6.69. The Morgan fingerprint density at radius 2 is 2.08 bits per heavy atom. The zero-order valence-electron chi connectivity index (χ0n) is 14.7. The molecule has 0 N–H and O–H groups in total. The highest BCUT2D eigenvalue weighted by Gasteiger charge is 2.21. The van der Waals surface area contributed by atoms with Crippen LogP contribution < -0.4 is 0 Å². The molecule has 0 aliphatic rings. The molecule has 7 nitrogen and oxygen atoms in total. The monoisotopic (exact) mass is 326 g/mol. The lowest BCUT2D eigenvalue weighted by molar-refractivity contribution is 0.0986. The van der Waals surface area contributed by atoms with Gasteiger partial charge in [-0.2, -0.15) is 5.10 Å². The van der Waals surface area contributed by atoms with Gasteiger partial charge in [0.2, 0.25) is 0 Å². The minimum Gasteiger partial charge on any atom is -0.292 e. The van der Waals surface area contributed by atoms with Crippen molar-refractivity contribution in [2.24, 2.45) is 5.11 Å². The standard InChI is InChI=1S/C17H22N6O/c1-6-13-9-15(21-23(13)17(3,4)5)16(24)8-12-7-14(20-22-18)11(2)19-10-12/h7,9-10H,6,8H2,1-5H3. The fourth-order valence-electron chi connectivity index (χ4n) is 2.47.